The fraction of sp³-hybridized carbons (Fsp3) is 0.300. The van der Waals surface area contributed by atoms with E-state index in [0.29, 0.717) is 5.69 Å². The fourth-order valence-electron chi connectivity index (χ4n) is 1.17. The topological polar surface area (TPSA) is 74.7 Å². The molecule has 16 heavy (non-hydrogen) atoms. The van der Waals surface area contributed by atoms with Crippen LogP contribution in [-0.2, 0) is 14.6 Å². The molecule has 0 radical (unpaired) electrons. The van der Waals surface area contributed by atoms with Crippen LogP contribution in [0.1, 0.15) is 0 Å². The number of sulfone groups is 1. The van der Waals surface area contributed by atoms with E-state index in [1.54, 1.807) is 0 Å². The van der Waals surface area contributed by atoms with Gasteiger partial charge in [0.15, 0.2) is 9.84 Å². The summed E-state index contributed by atoms with van der Waals surface area (Å²) in [6, 6.07) is 5.88. The number of rotatable bonds is 3. The summed E-state index contributed by atoms with van der Waals surface area (Å²) in [5.41, 5.74) is 0.534. The lowest BCUT2D eigenvalue weighted by molar-refractivity contribution is -0.120. The number of aliphatic hydroxyl groups excluding tert-OH is 1. The first kappa shape index (κ1) is 12.7. The number of likely N-dealkylation sites (N-methyl/N-ethyl adjacent to an activating group) is 1. The summed E-state index contributed by atoms with van der Waals surface area (Å²) in [7, 11) is -1.72. The number of amides is 1. The van der Waals surface area contributed by atoms with Gasteiger partial charge in [-0.05, 0) is 24.3 Å². The third-order valence-electron chi connectivity index (χ3n) is 2.16. The molecular weight excluding hydrogens is 230 g/mol. The van der Waals surface area contributed by atoms with Crippen molar-refractivity contribution in [1.29, 1.82) is 0 Å². The Labute approximate surface area is 94.2 Å². The molecular formula is C10H13NO4S. The van der Waals surface area contributed by atoms with Crippen LogP contribution in [0.25, 0.3) is 0 Å². The molecule has 0 heterocycles. The minimum Gasteiger partial charge on any atom is -0.387 e. The van der Waals surface area contributed by atoms with Gasteiger partial charge in [0.25, 0.3) is 5.91 Å². The van der Waals surface area contributed by atoms with Crippen molar-refractivity contribution in [3.05, 3.63) is 24.3 Å². The average Bonchev–Trinajstić information content (AvgIpc) is 2.26. The first-order chi connectivity index (χ1) is 7.36. The summed E-state index contributed by atoms with van der Waals surface area (Å²) >= 11 is 0. The van der Waals surface area contributed by atoms with Crippen molar-refractivity contribution in [2.45, 2.75) is 4.90 Å². The number of hydrogen-bond acceptors (Lipinski definition) is 4. The highest BCUT2D eigenvalue weighted by Crippen LogP contribution is 2.16. The van der Waals surface area contributed by atoms with Crippen LogP contribution in [0.4, 0.5) is 5.69 Å². The standard InChI is InChI=1S/C10H13NO4S/c1-11(10(13)7-12)8-3-5-9(6-4-8)16(2,14)15/h3-6,12H,7H2,1-2H3. The summed E-state index contributed by atoms with van der Waals surface area (Å²) in [6.07, 6.45) is 1.12. The van der Waals surface area contributed by atoms with Crippen molar-refractivity contribution in [3.8, 4) is 0 Å². The summed E-state index contributed by atoms with van der Waals surface area (Å²) in [5, 5.41) is 8.66. The number of carbonyl (C=O) groups excluding carboxylic acids is 1. The van der Waals surface area contributed by atoms with Gasteiger partial charge < -0.3 is 10.0 Å². The molecule has 0 saturated heterocycles. The summed E-state index contributed by atoms with van der Waals surface area (Å²) in [4.78, 5) is 12.6. The Morgan fingerprint density at radius 1 is 1.31 bits per heavy atom. The van der Waals surface area contributed by atoms with E-state index >= 15 is 0 Å². The third kappa shape index (κ3) is 2.80. The molecule has 0 aliphatic carbocycles. The van der Waals surface area contributed by atoms with Crippen LogP contribution in [-0.4, -0.2) is 39.3 Å². The highest BCUT2D eigenvalue weighted by molar-refractivity contribution is 7.90. The predicted molar refractivity (Wildman–Crippen MR) is 60.0 cm³/mol. The van der Waals surface area contributed by atoms with E-state index < -0.39 is 22.4 Å². The predicted octanol–water partition coefficient (Wildman–Crippen LogP) is 0.0452. The molecule has 0 atom stereocenters. The zero-order chi connectivity index (χ0) is 12.3. The van der Waals surface area contributed by atoms with Crippen LogP contribution in [0.3, 0.4) is 0 Å². The first-order valence-corrected chi connectivity index (χ1v) is 6.43. The Balaban J connectivity index is 3.00. The van der Waals surface area contributed by atoms with Crippen molar-refractivity contribution in [3.63, 3.8) is 0 Å². The van der Waals surface area contributed by atoms with E-state index in [4.69, 9.17) is 5.11 Å². The van der Waals surface area contributed by atoms with Gasteiger partial charge in [-0.2, -0.15) is 0 Å². The largest absolute Gasteiger partial charge is 0.387 e. The molecule has 0 saturated carbocycles. The second-order valence-electron chi connectivity index (χ2n) is 3.38. The molecule has 0 aromatic heterocycles. The molecule has 0 aliphatic heterocycles. The van der Waals surface area contributed by atoms with Crippen LogP contribution in [0.15, 0.2) is 29.2 Å². The Morgan fingerprint density at radius 3 is 2.19 bits per heavy atom. The molecule has 1 amide bonds. The Kier molecular flexibility index (Phi) is 3.66. The molecule has 0 aliphatic rings. The number of nitrogens with zero attached hydrogens (tertiary/aromatic N) is 1. The van der Waals surface area contributed by atoms with E-state index in [-0.39, 0.29) is 4.90 Å². The quantitative estimate of drug-likeness (QED) is 0.813. The molecule has 1 aromatic rings. The number of carbonyl (C=O) groups is 1. The van der Waals surface area contributed by atoms with Crippen LogP contribution in [0.2, 0.25) is 0 Å². The Hall–Kier alpha value is -1.40. The van der Waals surface area contributed by atoms with Gasteiger partial charge >= 0.3 is 0 Å². The lowest BCUT2D eigenvalue weighted by Crippen LogP contribution is -2.28. The molecule has 0 fully saturated rings. The molecule has 0 spiro atoms. The maximum Gasteiger partial charge on any atom is 0.252 e. The molecule has 5 nitrogen and oxygen atoms in total. The number of aliphatic hydroxyl groups is 1. The molecule has 0 unspecified atom stereocenters. The maximum atomic E-state index is 11.2. The zero-order valence-corrected chi connectivity index (χ0v) is 9.86. The van der Waals surface area contributed by atoms with Crippen molar-refractivity contribution < 1.29 is 18.3 Å². The Morgan fingerprint density at radius 2 is 1.81 bits per heavy atom. The second-order valence-corrected chi connectivity index (χ2v) is 5.39. The molecule has 1 N–H and O–H groups in total. The van der Waals surface area contributed by atoms with Crippen LogP contribution < -0.4 is 4.90 Å². The van der Waals surface area contributed by atoms with Gasteiger partial charge in [0.1, 0.15) is 6.61 Å². The van der Waals surface area contributed by atoms with Crippen molar-refractivity contribution in [2.24, 2.45) is 0 Å². The van der Waals surface area contributed by atoms with Crippen LogP contribution in [0.5, 0.6) is 0 Å². The lowest BCUT2D eigenvalue weighted by Gasteiger charge is -2.15. The van der Waals surface area contributed by atoms with E-state index in [9.17, 15) is 13.2 Å². The van der Waals surface area contributed by atoms with Gasteiger partial charge in [0.05, 0.1) is 4.90 Å². The third-order valence-corrected chi connectivity index (χ3v) is 3.29. The number of benzene rings is 1. The lowest BCUT2D eigenvalue weighted by atomic mass is 10.3. The van der Waals surface area contributed by atoms with Gasteiger partial charge in [0, 0.05) is 19.0 Å². The SMILES string of the molecule is CN(C(=O)CO)c1ccc(S(C)(=O)=O)cc1. The van der Waals surface area contributed by atoms with Crippen molar-refractivity contribution in [1.82, 2.24) is 0 Å². The van der Waals surface area contributed by atoms with E-state index in [1.165, 1.54) is 36.2 Å². The highest BCUT2D eigenvalue weighted by Gasteiger charge is 2.11. The molecule has 1 rings (SSSR count). The van der Waals surface area contributed by atoms with Gasteiger partial charge in [0.2, 0.25) is 0 Å². The zero-order valence-electron chi connectivity index (χ0n) is 9.04. The van der Waals surface area contributed by atoms with Gasteiger partial charge in [-0.15, -0.1) is 0 Å². The number of hydrogen-bond donors (Lipinski definition) is 1. The molecule has 88 valence electrons. The minimum absolute atomic E-state index is 0.195. The van der Waals surface area contributed by atoms with E-state index in [1.807, 2.05) is 0 Å². The molecule has 0 bridgehead atoms. The van der Waals surface area contributed by atoms with Crippen LogP contribution >= 0.6 is 0 Å². The van der Waals surface area contributed by atoms with Crippen LogP contribution in [0, 0.1) is 0 Å². The van der Waals surface area contributed by atoms with E-state index in [2.05, 4.69) is 0 Å². The van der Waals surface area contributed by atoms with Gasteiger partial charge in [-0.25, -0.2) is 8.42 Å². The monoisotopic (exact) mass is 243 g/mol. The average molecular weight is 243 g/mol. The van der Waals surface area contributed by atoms with Gasteiger partial charge in [-0.3, -0.25) is 4.79 Å². The Bertz CT molecular complexity index is 478. The minimum atomic E-state index is -3.22. The second kappa shape index (κ2) is 4.63. The molecule has 1 aromatic carbocycles. The van der Waals surface area contributed by atoms with Crippen molar-refractivity contribution in [2.75, 3.05) is 24.8 Å². The highest BCUT2D eigenvalue weighted by atomic mass is 32.2. The smallest absolute Gasteiger partial charge is 0.252 e. The summed E-state index contributed by atoms with van der Waals surface area (Å²) in [5.74, 6) is -0.452. The van der Waals surface area contributed by atoms with Crippen molar-refractivity contribution >= 4 is 21.4 Å². The normalized spacial score (nSPS) is 11.2. The van der Waals surface area contributed by atoms with E-state index in [0.717, 1.165) is 6.26 Å². The molecule has 6 heteroatoms. The maximum absolute atomic E-state index is 11.2. The fourth-order valence-corrected chi connectivity index (χ4v) is 1.80. The summed E-state index contributed by atoms with van der Waals surface area (Å²) in [6.45, 7) is -0.579. The van der Waals surface area contributed by atoms with Gasteiger partial charge in [-0.1, -0.05) is 0 Å². The number of anilines is 1. The summed E-state index contributed by atoms with van der Waals surface area (Å²) < 4.78 is 22.4. The first-order valence-electron chi connectivity index (χ1n) is 4.54.